The van der Waals surface area contributed by atoms with Crippen molar-refractivity contribution in [1.29, 1.82) is 0 Å². The molecule has 1 aliphatic carbocycles. The second-order valence-electron chi connectivity index (χ2n) is 3.10. The largest absolute Gasteiger partial charge is 0.481 e. The second-order valence-corrected chi connectivity index (χ2v) is 3.10. The van der Waals surface area contributed by atoms with Gasteiger partial charge < -0.3 is 9.67 Å². The zero-order valence-electron chi connectivity index (χ0n) is 6.96. The lowest BCUT2D eigenvalue weighted by Crippen LogP contribution is -2.34. The molecule has 0 bridgehead atoms. The van der Waals surface area contributed by atoms with Crippen LogP contribution >= 0.6 is 12.4 Å². The highest BCUT2D eigenvalue weighted by Gasteiger charge is 2.37. The van der Waals surface area contributed by atoms with E-state index in [9.17, 15) is 4.79 Å². The third-order valence-corrected chi connectivity index (χ3v) is 2.46. The maximum Gasteiger partial charge on any atom is 0.308 e. The highest BCUT2D eigenvalue weighted by atomic mass is 35.5. The summed E-state index contributed by atoms with van der Waals surface area (Å²) in [5.41, 5.74) is 0. The van der Waals surface area contributed by atoms with E-state index in [4.69, 9.17) is 5.11 Å². The molecule has 2 rings (SSSR count). The van der Waals surface area contributed by atoms with Crippen LogP contribution in [0.1, 0.15) is 18.9 Å². The van der Waals surface area contributed by atoms with Crippen molar-refractivity contribution >= 4 is 18.4 Å². The molecule has 2 atom stereocenters. The predicted molar refractivity (Wildman–Crippen MR) is 48.9 cm³/mol. The molecule has 1 aromatic heterocycles. The van der Waals surface area contributed by atoms with Crippen LogP contribution in [0.4, 0.5) is 0 Å². The van der Waals surface area contributed by atoms with Gasteiger partial charge in [-0.15, -0.1) is 12.4 Å². The zero-order valence-corrected chi connectivity index (χ0v) is 7.78. The number of aliphatic carboxylic acids is 1. The molecule has 0 saturated heterocycles. The summed E-state index contributed by atoms with van der Waals surface area (Å²) in [5.74, 6) is -0.904. The Morgan fingerprint density at radius 3 is 2.69 bits per heavy atom. The third kappa shape index (κ3) is 1.67. The minimum absolute atomic E-state index is 0. The van der Waals surface area contributed by atoms with Crippen molar-refractivity contribution in [3.05, 3.63) is 18.7 Å². The molecule has 0 unspecified atom stereocenters. The van der Waals surface area contributed by atoms with Crippen LogP contribution in [-0.2, 0) is 4.79 Å². The van der Waals surface area contributed by atoms with Crippen molar-refractivity contribution < 1.29 is 9.90 Å². The Hall–Kier alpha value is -1.03. The summed E-state index contributed by atoms with van der Waals surface area (Å²) in [6.07, 6.45) is 6.92. The minimum Gasteiger partial charge on any atom is -0.481 e. The van der Waals surface area contributed by atoms with Crippen LogP contribution in [0.3, 0.4) is 0 Å². The fourth-order valence-electron chi connectivity index (χ4n) is 1.59. The summed E-state index contributed by atoms with van der Waals surface area (Å²) >= 11 is 0. The maximum atomic E-state index is 10.7. The monoisotopic (exact) mass is 202 g/mol. The van der Waals surface area contributed by atoms with Crippen molar-refractivity contribution in [2.45, 2.75) is 18.9 Å². The van der Waals surface area contributed by atoms with E-state index in [1.54, 1.807) is 12.5 Å². The van der Waals surface area contributed by atoms with Crippen LogP contribution in [0.2, 0.25) is 0 Å². The molecule has 1 fully saturated rings. The lowest BCUT2D eigenvalue weighted by atomic mass is 9.79. The van der Waals surface area contributed by atoms with Gasteiger partial charge in [0.05, 0.1) is 12.2 Å². The van der Waals surface area contributed by atoms with E-state index < -0.39 is 5.97 Å². The van der Waals surface area contributed by atoms with Gasteiger partial charge in [0, 0.05) is 18.4 Å². The molecule has 1 aliphatic rings. The van der Waals surface area contributed by atoms with Gasteiger partial charge in [-0.25, -0.2) is 4.98 Å². The van der Waals surface area contributed by atoms with Gasteiger partial charge in [-0.2, -0.15) is 0 Å². The van der Waals surface area contributed by atoms with E-state index in [1.165, 1.54) is 0 Å². The van der Waals surface area contributed by atoms with Crippen molar-refractivity contribution in [2.75, 3.05) is 0 Å². The molecular formula is C8H11ClN2O2. The average molecular weight is 203 g/mol. The highest BCUT2D eigenvalue weighted by Crippen LogP contribution is 2.38. The third-order valence-electron chi connectivity index (χ3n) is 2.46. The van der Waals surface area contributed by atoms with Crippen molar-refractivity contribution in [3.63, 3.8) is 0 Å². The van der Waals surface area contributed by atoms with Crippen molar-refractivity contribution in [3.8, 4) is 0 Å². The number of rotatable bonds is 2. The topological polar surface area (TPSA) is 55.1 Å². The Bertz CT molecular complexity index is 286. The van der Waals surface area contributed by atoms with Crippen LogP contribution in [0.5, 0.6) is 0 Å². The molecule has 0 spiro atoms. The van der Waals surface area contributed by atoms with Gasteiger partial charge in [0.15, 0.2) is 0 Å². The zero-order chi connectivity index (χ0) is 8.55. The van der Waals surface area contributed by atoms with Crippen LogP contribution in [-0.4, -0.2) is 20.6 Å². The number of halogens is 1. The Morgan fingerprint density at radius 2 is 2.31 bits per heavy atom. The Kier molecular flexibility index (Phi) is 2.93. The summed E-state index contributed by atoms with van der Waals surface area (Å²) < 4.78 is 1.88. The molecule has 5 heteroatoms. The molecule has 1 saturated carbocycles. The van der Waals surface area contributed by atoms with E-state index in [0.717, 1.165) is 12.8 Å². The Morgan fingerprint density at radius 1 is 1.54 bits per heavy atom. The number of carboxylic acid groups (broad SMARTS) is 1. The summed E-state index contributed by atoms with van der Waals surface area (Å²) in [6, 6.07) is 0.130. The molecule has 1 aromatic rings. The predicted octanol–water partition coefficient (Wildman–Crippen LogP) is 1.34. The Labute approximate surface area is 82.0 Å². The van der Waals surface area contributed by atoms with Crippen molar-refractivity contribution in [1.82, 2.24) is 9.55 Å². The first-order valence-corrected chi connectivity index (χ1v) is 3.99. The molecule has 13 heavy (non-hydrogen) atoms. The fourth-order valence-corrected chi connectivity index (χ4v) is 1.59. The second kappa shape index (κ2) is 3.79. The highest BCUT2D eigenvalue weighted by molar-refractivity contribution is 5.85. The molecular weight excluding hydrogens is 192 g/mol. The van der Waals surface area contributed by atoms with Crippen LogP contribution in [0.25, 0.3) is 0 Å². The summed E-state index contributed by atoms with van der Waals surface area (Å²) in [4.78, 5) is 14.5. The smallest absolute Gasteiger partial charge is 0.308 e. The SMILES string of the molecule is Cl.O=C(O)[C@@H]1CC[C@H]1n1ccnc1. The number of aromatic nitrogens is 2. The first-order chi connectivity index (χ1) is 5.79. The van der Waals surface area contributed by atoms with E-state index in [2.05, 4.69) is 4.98 Å². The van der Waals surface area contributed by atoms with Gasteiger partial charge in [-0.1, -0.05) is 0 Å². The summed E-state index contributed by atoms with van der Waals surface area (Å²) in [6.45, 7) is 0. The van der Waals surface area contributed by atoms with Gasteiger partial charge in [0.1, 0.15) is 0 Å². The number of carboxylic acids is 1. The van der Waals surface area contributed by atoms with Gasteiger partial charge >= 0.3 is 5.97 Å². The van der Waals surface area contributed by atoms with Gasteiger partial charge in [0.2, 0.25) is 0 Å². The van der Waals surface area contributed by atoms with Gasteiger partial charge in [-0.05, 0) is 12.8 Å². The number of hydrogen-bond donors (Lipinski definition) is 1. The van der Waals surface area contributed by atoms with Gasteiger partial charge in [-0.3, -0.25) is 4.79 Å². The van der Waals surface area contributed by atoms with E-state index >= 15 is 0 Å². The molecule has 0 aromatic carbocycles. The fraction of sp³-hybridized carbons (Fsp3) is 0.500. The summed E-state index contributed by atoms with van der Waals surface area (Å²) in [7, 11) is 0. The molecule has 1 heterocycles. The molecule has 4 nitrogen and oxygen atoms in total. The number of imidazole rings is 1. The molecule has 1 N–H and O–H groups in total. The van der Waals surface area contributed by atoms with E-state index in [1.807, 2.05) is 10.8 Å². The molecule has 72 valence electrons. The molecule has 0 aliphatic heterocycles. The van der Waals surface area contributed by atoms with Crippen LogP contribution in [0.15, 0.2) is 18.7 Å². The molecule has 0 amide bonds. The van der Waals surface area contributed by atoms with Gasteiger partial charge in [0.25, 0.3) is 0 Å². The normalized spacial score (nSPS) is 25.8. The lowest BCUT2D eigenvalue weighted by molar-refractivity contribution is -0.147. The maximum absolute atomic E-state index is 10.7. The number of nitrogens with zero attached hydrogens (tertiary/aromatic N) is 2. The molecule has 0 radical (unpaired) electrons. The minimum atomic E-state index is -0.694. The summed E-state index contributed by atoms with van der Waals surface area (Å²) in [5, 5.41) is 8.77. The van der Waals surface area contributed by atoms with Crippen LogP contribution < -0.4 is 0 Å². The average Bonchev–Trinajstić information content (AvgIpc) is 2.35. The van der Waals surface area contributed by atoms with Crippen molar-refractivity contribution in [2.24, 2.45) is 5.92 Å². The van der Waals surface area contributed by atoms with Crippen LogP contribution in [0, 0.1) is 5.92 Å². The Balaban J connectivity index is 0.000000845. The number of hydrogen-bond acceptors (Lipinski definition) is 2. The lowest BCUT2D eigenvalue weighted by Gasteiger charge is -2.34. The first-order valence-electron chi connectivity index (χ1n) is 3.99. The first kappa shape index (κ1) is 10.1. The van der Waals surface area contributed by atoms with E-state index in [-0.39, 0.29) is 24.4 Å². The number of carbonyl (C=O) groups is 1. The standard InChI is InChI=1S/C8H10N2O2.ClH/c11-8(12)6-1-2-7(6)10-4-3-9-5-10;/h3-7H,1-2H2,(H,11,12);1H/t6-,7-;/m1./s1. The quantitative estimate of drug-likeness (QED) is 0.788. The van der Waals surface area contributed by atoms with E-state index in [0.29, 0.717) is 0 Å².